The van der Waals surface area contributed by atoms with Crippen LogP contribution in [0.3, 0.4) is 0 Å². The highest BCUT2D eigenvalue weighted by Gasteiger charge is 2.35. The maximum absolute atomic E-state index is 11.9. The van der Waals surface area contributed by atoms with Gasteiger partial charge in [-0.1, -0.05) is 19.6 Å². The maximum atomic E-state index is 11.9. The zero-order valence-electron chi connectivity index (χ0n) is 9.86. The van der Waals surface area contributed by atoms with Gasteiger partial charge in [-0.3, -0.25) is 4.79 Å². The number of hydrogen-bond acceptors (Lipinski definition) is 2. The van der Waals surface area contributed by atoms with E-state index in [1.165, 1.54) is 5.56 Å². The highest BCUT2D eigenvalue weighted by atomic mass is 32.1. The fourth-order valence-electron chi connectivity index (χ4n) is 1.44. The van der Waals surface area contributed by atoms with Crippen molar-refractivity contribution in [3.05, 3.63) is 27.9 Å². The summed E-state index contributed by atoms with van der Waals surface area (Å²) in [6, 6.07) is 2.02. The van der Waals surface area contributed by atoms with Gasteiger partial charge in [-0.25, -0.2) is 0 Å². The molecule has 16 heavy (non-hydrogen) atoms. The van der Waals surface area contributed by atoms with Gasteiger partial charge in [-0.15, -0.1) is 0 Å². The number of rotatable bonds is 5. The second-order valence-corrected chi connectivity index (χ2v) is 10.5. The highest BCUT2D eigenvalue weighted by molar-refractivity contribution is 7.11. The first-order chi connectivity index (χ1) is 7.45. The lowest BCUT2D eigenvalue weighted by atomic mass is 10.1. The Hall–Kier alpha value is -1.03. The largest absolute Gasteiger partial charge is 0.362 e. The van der Waals surface area contributed by atoms with Crippen LogP contribution in [0.2, 0.25) is 19.6 Å². The Morgan fingerprint density at radius 1 is 1.50 bits per heavy atom. The van der Waals surface area contributed by atoms with E-state index >= 15 is 0 Å². The Labute approximate surface area is 101 Å². The molecule has 5 heteroatoms. The molecule has 0 aliphatic rings. The molecule has 0 atom stereocenters. The summed E-state index contributed by atoms with van der Waals surface area (Å²) < 4.78 is 0. The summed E-state index contributed by atoms with van der Waals surface area (Å²) in [5.41, 5.74) is 10.1. The molecule has 1 aromatic rings. The molecule has 0 aliphatic carbocycles. The molecule has 0 amide bonds. The van der Waals surface area contributed by atoms with Crippen LogP contribution in [-0.4, -0.2) is 24.0 Å². The van der Waals surface area contributed by atoms with Crippen molar-refractivity contribution in [1.29, 1.82) is 0 Å². The number of carbonyl (C=O) groups is 1. The summed E-state index contributed by atoms with van der Waals surface area (Å²) in [6.07, 6.45) is 1.16. The third kappa shape index (κ3) is 3.52. The molecule has 0 spiro atoms. The molecule has 1 heterocycles. The van der Waals surface area contributed by atoms with E-state index in [9.17, 15) is 4.79 Å². The SMILES string of the molecule is C[Si](C)(C)C(=[N+]=[N-])C(=O)CCc1ccsc1. The molecular weight excluding hydrogens is 236 g/mol. The van der Waals surface area contributed by atoms with Crippen LogP contribution in [0.15, 0.2) is 16.8 Å². The zero-order chi connectivity index (χ0) is 12.2. The van der Waals surface area contributed by atoms with Gasteiger partial charge in [0.1, 0.15) is 0 Å². The van der Waals surface area contributed by atoms with Gasteiger partial charge in [-0.05, 0) is 28.8 Å². The van der Waals surface area contributed by atoms with E-state index in [1.807, 2.05) is 36.5 Å². The quantitative estimate of drug-likeness (QED) is 0.344. The number of carbonyl (C=O) groups excluding carboxylic acids is 1. The third-order valence-corrected chi connectivity index (χ3v) is 4.83. The molecule has 0 fully saturated rings. The van der Waals surface area contributed by atoms with Crippen molar-refractivity contribution >= 4 is 30.5 Å². The summed E-state index contributed by atoms with van der Waals surface area (Å²) in [6.45, 7) is 6.01. The Balaban J connectivity index is 2.62. The van der Waals surface area contributed by atoms with Crippen molar-refractivity contribution in [1.82, 2.24) is 0 Å². The van der Waals surface area contributed by atoms with E-state index in [0.717, 1.165) is 6.42 Å². The van der Waals surface area contributed by atoms with Crippen LogP contribution in [0.5, 0.6) is 0 Å². The molecule has 0 N–H and O–H groups in total. The van der Waals surface area contributed by atoms with Crippen LogP contribution in [0.4, 0.5) is 0 Å². The van der Waals surface area contributed by atoms with Gasteiger partial charge in [0.2, 0.25) is 5.78 Å². The predicted octanol–water partition coefficient (Wildman–Crippen LogP) is 2.80. The Morgan fingerprint density at radius 3 is 2.62 bits per heavy atom. The van der Waals surface area contributed by atoms with Gasteiger partial charge in [0.05, 0.1) is 0 Å². The summed E-state index contributed by atoms with van der Waals surface area (Å²) in [5, 5.41) is 4.43. The van der Waals surface area contributed by atoms with Gasteiger partial charge in [0.15, 0.2) is 8.07 Å². The Bertz CT molecular complexity index is 414. The number of aryl methyl sites for hydroxylation is 1. The molecule has 0 aromatic carbocycles. The fourth-order valence-corrected chi connectivity index (χ4v) is 3.40. The van der Waals surface area contributed by atoms with Crippen LogP contribution < -0.4 is 0 Å². The normalized spacial score (nSPS) is 10.9. The molecule has 0 saturated heterocycles. The van der Waals surface area contributed by atoms with Crippen molar-refractivity contribution in [2.45, 2.75) is 32.5 Å². The summed E-state index contributed by atoms with van der Waals surface area (Å²) >= 11 is 1.63. The van der Waals surface area contributed by atoms with Crippen LogP contribution in [0.25, 0.3) is 5.53 Å². The van der Waals surface area contributed by atoms with E-state index in [4.69, 9.17) is 5.53 Å². The number of ketones is 1. The average Bonchev–Trinajstić information content (AvgIpc) is 2.65. The van der Waals surface area contributed by atoms with Gasteiger partial charge in [0.25, 0.3) is 5.33 Å². The van der Waals surface area contributed by atoms with E-state index in [0.29, 0.717) is 11.8 Å². The maximum Gasteiger partial charge on any atom is 0.299 e. The molecule has 0 unspecified atom stereocenters. The lowest BCUT2D eigenvalue weighted by Crippen LogP contribution is -2.40. The molecule has 0 radical (unpaired) electrons. The zero-order valence-corrected chi connectivity index (χ0v) is 11.7. The molecule has 0 aliphatic heterocycles. The second kappa shape index (κ2) is 5.34. The molecule has 3 nitrogen and oxygen atoms in total. The molecule has 86 valence electrons. The van der Waals surface area contributed by atoms with E-state index < -0.39 is 8.07 Å². The van der Waals surface area contributed by atoms with Crippen molar-refractivity contribution in [3.63, 3.8) is 0 Å². The Kier molecular flexibility index (Phi) is 4.35. The molecule has 1 rings (SSSR count). The van der Waals surface area contributed by atoms with E-state index in [2.05, 4.69) is 4.79 Å². The van der Waals surface area contributed by atoms with Crippen molar-refractivity contribution < 1.29 is 9.58 Å². The number of thiophene rings is 1. The van der Waals surface area contributed by atoms with E-state index in [1.54, 1.807) is 11.3 Å². The fraction of sp³-hybridized carbons (Fsp3) is 0.455. The Morgan fingerprint density at radius 2 is 2.19 bits per heavy atom. The standard InChI is InChI=1S/C11H16N2OSSi/c1-16(2,3)11(13-12)10(14)5-4-9-6-7-15-8-9/h6-8H,4-5H2,1-3H3. The van der Waals surface area contributed by atoms with Crippen molar-refractivity contribution in [2.24, 2.45) is 0 Å². The average molecular weight is 252 g/mol. The summed E-state index contributed by atoms with van der Waals surface area (Å²) in [7, 11) is -1.82. The monoisotopic (exact) mass is 252 g/mol. The minimum absolute atomic E-state index is 0.0205. The van der Waals surface area contributed by atoms with E-state index in [-0.39, 0.29) is 5.78 Å². The minimum atomic E-state index is -1.82. The number of Topliss-reactive ketones (excluding diaryl/α,β-unsaturated/α-hetero) is 1. The third-order valence-electron chi connectivity index (χ3n) is 2.30. The molecule has 0 bridgehead atoms. The second-order valence-electron chi connectivity index (χ2n) is 4.75. The van der Waals surface area contributed by atoms with Crippen LogP contribution in [-0.2, 0) is 11.2 Å². The topological polar surface area (TPSA) is 53.5 Å². The summed E-state index contributed by atoms with van der Waals surface area (Å²) in [4.78, 5) is 15.1. The lowest BCUT2D eigenvalue weighted by molar-refractivity contribution is -0.116. The van der Waals surface area contributed by atoms with Gasteiger partial charge in [-0.2, -0.15) is 16.1 Å². The highest BCUT2D eigenvalue weighted by Crippen LogP contribution is 2.11. The van der Waals surface area contributed by atoms with Crippen LogP contribution >= 0.6 is 11.3 Å². The molecular formula is C11H16N2OSSi. The molecule has 1 aromatic heterocycles. The van der Waals surface area contributed by atoms with Gasteiger partial charge < -0.3 is 5.53 Å². The minimum Gasteiger partial charge on any atom is -0.362 e. The summed E-state index contributed by atoms with van der Waals surface area (Å²) in [5.74, 6) is -0.0205. The van der Waals surface area contributed by atoms with Gasteiger partial charge in [0, 0.05) is 6.42 Å². The predicted molar refractivity (Wildman–Crippen MR) is 69.6 cm³/mol. The van der Waals surface area contributed by atoms with Crippen LogP contribution in [0.1, 0.15) is 12.0 Å². The number of nitrogens with zero attached hydrogens (tertiary/aromatic N) is 2. The first-order valence-electron chi connectivity index (χ1n) is 5.22. The first kappa shape index (κ1) is 13.0. The van der Waals surface area contributed by atoms with Gasteiger partial charge >= 0.3 is 0 Å². The lowest BCUT2D eigenvalue weighted by Gasteiger charge is -2.08. The van der Waals surface area contributed by atoms with Crippen molar-refractivity contribution in [2.75, 3.05) is 0 Å². The smallest absolute Gasteiger partial charge is 0.299 e. The van der Waals surface area contributed by atoms with Crippen LogP contribution in [0, 0.1) is 0 Å². The first-order valence-corrected chi connectivity index (χ1v) is 9.66. The number of hydrogen-bond donors (Lipinski definition) is 0. The molecule has 0 saturated carbocycles. The van der Waals surface area contributed by atoms with Crippen molar-refractivity contribution in [3.8, 4) is 0 Å².